The van der Waals surface area contributed by atoms with Crippen LogP contribution < -0.4 is 10.6 Å². The SMILES string of the molecule is COC(=O)CC(NC(=O)NC1CCN(C(=O)OC)CC1)c1ccccc1Cl. The molecule has 1 aromatic carbocycles. The summed E-state index contributed by atoms with van der Waals surface area (Å²) in [6, 6.07) is 5.93. The van der Waals surface area contributed by atoms with Crippen molar-refractivity contribution in [3.8, 4) is 0 Å². The van der Waals surface area contributed by atoms with Crippen LogP contribution in [0.15, 0.2) is 24.3 Å². The Bertz CT molecular complexity index is 677. The predicted molar refractivity (Wildman–Crippen MR) is 99.5 cm³/mol. The fourth-order valence-electron chi connectivity index (χ4n) is 2.97. The fourth-order valence-corrected chi connectivity index (χ4v) is 3.23. The van der Waals surface area contributed by atoms with Gasteiger partial charge in [0.15, 0.2) is 0 Å². The van der Waals surface area contributed by atoms with Gasteiger partial charge < -0.3 is 25.0 Å². The molecule has 1 fully saturated rings. The molecule has 2 N–H and O–H groups in total. The largest absolute Gasteiger partial charge is 0.469 e. The van der Waals surface area contributed by atoms with Crippen molar-refractivity contribution in [1.82, 2.24) is 15.5 Å². The Hall–Kier alpha value is -2.48. The topological polar surface area (TPSA) is 97.0 Å². The Labute approximate surface area is 163 Å². The van der Waals surface area contributed by atoms with Crippen molar-refractivity contribution >= 4 is 29.7 Å². The van der Waals surface area contributed by atoms with Gasteiger partial charge in [0, 0.05) is 24.2 Å². The van der Waals surface area contributed by atoms with E-state index < -0.39 is 18.0 Å². The van der Waals surface area contributed by atoms with Crippen LogP contribution in [0.2, 0.25) is 5.02 Å². The van der Waals surface area contributed by atoms with Crippen molar-refractivity contribution in [2.75, 3.05) is 27.3 Å². The number of amides is 3. The smallest absolute Gasteiger partial charge is 0.409 e. The van der Waals surface area contributed by atoms with E-state index in [4.69, 9.17) is 21.1 Å². The van der Waals surface area contributed by atoms with Gasteiger partial charge in [-0.3, -0.25) is 4.79 Å². The van der Waals surface area contributed by atoms with Crippen molar-refractivity contribution in [3.63, 3.8) is 0 Å². The number of hydrogen-bond acceptors (Lipinski definition) is 5. The second kappa shape index (κ2) is 10.0. The lowest BCUT2D eigenvalue weighted by molar-refractivity contribution is -0.141. The number of hydrogen-bond donors (Lipinski definition) is 2. The number of esters is 1. The number of rotatable bonds is 5. The number of carbonyl (C=O) groups excluding carboxylic acids is 3. The molecule has 9 heteroatoms. The Morgan fingerprint density at radius 3 is 2.44 bits per heavy atom. The average molecular weight is 398 g/mol. The summed E-state index contributed by atoms with van der Waals surface area (Å²) in [5.41, 5.74) is 0.639. The van der Waals surface area contributed by atoms with E-state index in [0.717, 1.165) is 0 Å². The highest BCUT2D eigenvalue weighted by Crippen LogP contribution is 2.25. The van der Waals surface area contributed by atoms with E-state index in [1.807, 2.05) is 0 Å². The molecule has 1 aromatic rings. The molecule has 0 saturated carbocycles. The molecular formula is C18H24ClN3O5. The number of nitrogens with zero attached hydrogens (tertiary/aromatic N) is 1. The summed E-state index contributed by atoms with van der Waals surface area (Å²) in [5, 5.41) is 6.13. The third-order valence-corrected chi connectivity index (χ3v) is 4.79. The molecule has 148 valence electrons. The quantitative estimate of drug-likeness (QED) is 0.744. The van der Waals surface area contributed by atoms with E-state index in [-0.39, 0.29) is 18.6 Å². The maximum absolute atomic E-state index is 12.4. The molecule has 0 radical (unpaired) electrons. The highest BCUT2D eigenvalue weighted by atomic mass is 35.5. The van der Waals surface area contributed by atoms with E-state index in [1.165, 1.54) is 14.2 Å². The normalized spacial score (nSPS) is 15.6. The highest BCUT2D eigenvalue weighted by Gasteiger charge is 2.26. The van der Waals surface area contributed by atoms with Crippen LogP contribution in [-0.4, -0.2) is 56.3 Å². The molecule has 0 bridgehead atoms. The summed E-state index contributed by atoms with van der Waals surface area (Å²) in [4.78, 5) is 37.3. The summed E-state index contributed by atoms with van der Waals surface area (Å²) in [7, 11) is 2.64. The molecule has 1 heterocycles. The lowest BCUT2D eigenvalue weighted by Crippen LogP contribution is -2.49. The van der Waals surface area contributed by atoms with Crippen LogP contribution in [0.3, 0.4) is 0 Å². The van der Waals surface area contributed by atoms with Crippen molar-refractivity contribution in [3.05, 3.63) is 34.9 Å². The number of carbonyl (C=O) groups is 3. The van der Waals surface area contributed by atoms with Crippen molar-refractivity contribution in [1.29, 1.82) is 0 Å². The molecule has 1 saturated heterocycles. The average Bonchev–Trinajstić information content (AvgIpc) is 2.67. The van der Waals surface area contributed by atoms with Crippen LogP contribution in [0.25, 0.3) is 0 Å². The lowest BCUT2D eigenvalue weighted by atomic mass is 10.0. The van der Waals surface area contributed by atoms with E-state index in [9.17, 15) is 14.4 Å². The molecule has 8 nitrogen and oxygen atoms in total. The standard InChI is InChI=1S/C18H24ClN3O5/c1-26-16(23)11-15(13-5-3-4-6-14(13)19)21-17(24)20-12-7-9-22(10-8-12)18(25)27-2/h3-6,12,15H,7-11H2,1-2H3,(H2,20,21,24). The maximum Gasteiger partial charge on any atom is 0.409 e. The molecule has 2 rings (SSSR count). The van der Waals surface area contributed by atoms with Gasteiger partial charge in [0.25, 0.3) is 0 Å². The molecule has 1 aliphatic heterocycles. The summed E-state index contributed by atoms with van der Waals surface area (Å²) in [6.07, 6.45) is 0.843. The van der Waals surface area contributed by atoms with E-state index >= 15 is 0 Å². The minimum atomic E-state index is -0.610. The van der Waals surface area contributed by atoms with Gasteiger partial charge in [0.05, 0.1) is 26.7 Å². The molecular weight excluding hydrogens is 374 g/mol. The number of ether oxygens (including phenoxy) is 2. The first kappa shape index (κ1) is 20.8. The monoisotopic (exact) mass is 397 g/mol. The van der Waals surface area contributed by atoms with Gasteiger partial charge in [-0.05, 0) is 24.5 Å². The lowest BCUT2D eigenvalue weighted by Gasteiger charge is -2.31. The Kier molecular flexibility index (Phi) is 7.72. The van der Waals surface area contributed by atoms with Crippen LogP contribution in [0.1, 0.15) is 30.9 Å². The van der Waals surface area contributed by atoms with Crippen LogP contribution in [0.5, 0.6) is 0 Å². The number of methoxy groups -OCH3 is 2. The molecule has 0 aliphatic carbocycles. The molecule has 27 heavy (non-hydrogen) atoms. The van der Waals surface area contributed by atoms with Gasteiger partial charge in [-0.25, -0.2) is 9.59 Å². The van der Waals surface area contributed by atoms with E-state index in [1.54, 1.807) is 29.2 Å². The van der Waals surface area contributed by atoms with Crippen molar-refractivity contribution < 1.29 is 23.9 Å². The number of likely N-dealkylation sites (tertiary alicyclic amines) is 1. The van der Waals surface area contributed by atoms with Crippen LogP contribution in [0, 0.1) is 0 Å². The fraction of sp³-hybridized carbons (Fsp3) is 0.500. The molecule has 0 spiro atoms. The Balaban J connectivity index is 1.95. The predicted octanol–water partition coefficient (Wildman–Crippen LogP) is 2.47. The van der Waals surface area contributed by atoms with E-state index in [2.05, 4.69) is 10.6 Å². The van der Waals surface area contributed by atoms with Crippen molar-refractivity contribution in [2.24, 2.45) is 0 Å². The van der Waals surface area contributed by atoms with Crippen LogP contribution >= 0.6 is 11.6 Å². The van der Waals surface area contributed by atoms with Crippen LogP contribution in [-0.2, 0) is 14.3 Å². The Morgan fingerprint density at radius 1 is 1.19 bits per heavy atom. The number of urea groups is 1. The van der Waals surface area contributed by atoms with Gasteiger partial charge in [-0.1, -0.05) is 29.8 Å². The van der Waals surface area contributed by atoms with Crippen molar-refractivity contribution in [2.45, 2.75) is 31.3 Å². The minimum absolute atomic E-state index is 0.0333. The number of piperidine rings is 1. The van der Waals surface area contributed by atoms with Crippen LogP contribution in [0.4, 0.5) is 9.59 Å². The number of halogens is 1. The molecule has 1 atom stereocenters. The first-order valence-electron chi connectivity index (χ1n) is 8.65. The Morgan fingerprint density at radius 2 is 1.85 bits per heavy atom. The molecule has 3 amide bonds. The van der Waals surface area contributed by atoms with E-state index in [0.29, 0.717) is 36.5 Å². The van der Waals surface area contributed by atoms with Gasteiger partial charge in [-0.2, -0.15) is 0 Å². The summed E-state index contributed by atoms with van der Waals surface area (Å²) in [6.45, 7) is 1.02. The zero-order valence-corrected chi connectivity index (χ0v) is 16.1. The third kappa shape index (κ3) is 6.02. The van der Waals surface area contributed by atoms with Gasteiger partial charge in [-0.15, -0.1) is 0 Å². The first-order chi connectivity index (χ1) is 12.9. The molecule has 1 aliphatic rings. The zero-order valence-electron chi connectivity index (χ0n) is 15.4. The van der Waals surface area contributed by atoms with Gasteiger partial charge >= 0.3 is 18.1 Å². The molecule has 0 aromatic heterocycles. The highest BCUT2D eigenvalue weighted by molar-refractivity contribution is 6.31. The van der Waals surface area contributed by atoms with Gasteiger partial charge in [0.1, 0.15) is 0 Å². The number of nitrogens with one attached hydrogen (secondary N) is 2. The minimum Gasteiger partial charge on any atom is -0.469 e. The first-order valence-corrected chi connectivity index (χ1v) is 9.03. The zero-order chi connectivity index (χ0) is 19.8. The second-order valence-electron chi connectivity index (χ2n) is 6.20. The third-order valence-electron chi connectivity index (χ3n) is 4.45. The summed E-state index contributed by atoms with van der Waals surface area (Å²) in [5.74, 6) is -0.452. The number of benzene rings is 1. The molecule has 1 unspecified atom stereocenters. The van der Waals surface area contributed by atoms with Gasteiger partial charge in [0.2, 0.25) is 0 Å². The second-order valence-corrected chi connectivity index (χ2v) is 6.61. The summed E-state index contributed by atoms with van der Waals surface area (Å²) < 4.78 is 9.41. The summed E-state index contributed by atoms with van der Waals surface area (Å²) >= 11 is 6.21. The maximum atomic E-state index is 12.4.